The molecule has 1 N–H and O–H groups in total. The molecule has 0 spiro atoms. The number of hydrogen-bond donors (Lipinski definition) is 1. The van der Waals surface area contributed by atoms with Crippen molar-refractivity contribution in [2.24, 2.45) is 5.92 Å². The van der Waals surface area contributed by atoms with Gasteiger partial charge in [0.15, 0.2) is 0 Å². The SMILES string of the molecule is Cc1cc2cc(SNC3(C)CC3)ccc2n(CC2CC2)c1=O. The van der Waals surface area contributed by atoms with Gasteiger partial charge in [-0.05, 0) is 87.0 Å². The maximum atomic E-state index is 12.4. The number of pyridine rings is 1. The van der Waals surface area contributed by atoms with Crippen LogP contribution in [-0.4, -0.2) is 10.1 Å². The molecule has 2 aliphatic carbocycles. The fraction of sp³-hybridized carbons (Fsp3) is 0.500. The molecule has 4 heteroatoms. The zero-order chi connectivity index (χ0) is 15.3. The van der Waals surface area contributed by atoms with Crippen LogP contribution in [-0.2, 0) is 6.54 Å². The van der Waals surface area contributed by atoms with Crippen LogP contribution in [0, 0.1) is 12.8 Å². The van der Waals surface area contributed by atoms with Crippen LogP contribution in [0.1, 0.15) is 38.2 Å². The van der Waals surface area contributed by atoms with E-state index in [4.69, 9.17) is 0 Å². The van der Waals surface area contributed by atoms with Crippen molar-refractivity contribution in [3.05, 3.63) is 40.2 Å². The summed E-state index contributed by atoms with van der Waals surface area (Å²) in [6, 6.07) is 8.47. The predicted molar refractivity (Wildman–Crippen MR) is 92.3 cm³/mol. The molecule has 2 aromatic rings. The van der Waals surface area contributed by atoms with Gasteiger partial charge in [0.1, 0.15) is 0 Å². The normalized spacial score (nSPS) is 19.5. The standard InChI is InChI=1S/C18H22N2OS/c1-12-9-14-10-15(22-19-18(2)7-8-18)5-6-16(14)20(17(12)21)11-13-3-4-13/h5-6,9-10,13,19H,3-4,7-8,11H2,1-2H3. The number of fused-ring (bicyclic) bond motifs is 1. The highest BCUT2D eigenvalue weighted by Crippen LogP contribution is 2.38. The summed E-state index contributed by atoms with van der Waals surface area (Å²) < 4.78 is 5.52. The Kier molecular flexibility index (Phi) is 3.35. The monoisotopic (exact) mass is 314 g/mol. The molecule has 2 aliphatic rings. The second kappa shape index (κ2) is 5.14. The lowest BCUT2D eigenvalue weighted by Gasteiger charge is -2.14. The van der Waals surface area contributed by atoms with Crippen LogP contribution >= 0.6 is 11.9 Å². The number of benzene rings is 1. The first-order valence-corrected chi connectivity index (χ1v) is 8.94. The van der Waals surface area contributed by atoms with E-state index in [1.807, 2.05) is 17.6 Å². The largest absolute Gasteiger partial charge is 0.308 e. The summed E-state index contributed by atoms with van der Waals surface area (Å²) in [5.41, 5.74) is 2.41. The van der Waals surface area contributed by atoms with Crippen molar-refractivity contribution < 1.29 is 0 Å². The summed E-state index contributed by atoms with van der Waals surface area (Å²) in [5.74, 6) is 0.702. The van der Waals surface area contributed by atoms with E-state index in [1.165, 1.54) is 36.0 Å². The Bertz CT molecular complexity index is 788. The van der Waals surface area contributed by atoms with Gasteiger partial charge in [-0.1, -0.05) is 0 Å². The molecule has 2 saturated carbocycles. The number of nitrogens with one attached hydrogen (secondary N) is 1. The van der Waals surface area contributed by atoms with E-state index in [1.54, 1.807) is 11.9 Å². The smallest absolute Gasteiger partial charge is 0.253 e. The van der Waals surface area contributed by atoms with Gasteiger partial charge in [0.2, 0.25) is 0 Å². The average Bonchev–Trinajstić information content (AvgIpc) is 3.41. The van der Waals surface area contributed by atoms with Crippen molar-refractivity contribution in [1.29, 1.82) is 0 Å². The van der Waals surface area contributed by atoms with Crippen LogP contribution in [0.5, 0.6) is 0 Å². The summed E-state index contributed by atoms with van der Waals surface area (Å²) in [7, 11) is 0. The van der Waals surface area contributed by atoms with Crippen LogP contribution in [0.3, 0.4) is 0 Å². The van der Waals surface area contributed by atoms with Crippen molar-refractivity contribution in [3.63, 3.8) is 0 Å². The van der Waals surface area contributed by atoms with Gasteiger partial charge < -0.3 is 4.57 Å². The molecule has 2 fully saturated rings. The van der Waals surface area contributed by atoms with E-state index in [2.05, 4.69) is 29.8 Å². The fourth-order valence-corrected chi connectivity index (χ4v) is 3.68. The van der Waals surface area contributed by atoms with Crippen molar-refractivity contribution in [2.75, 3.05) is 0 Å². The van der Waals surface area contributed by atoms with Crippen LogP contribution in [0.2, 0.25) is 0 Å². The first-order chi connectivity index (χ1) is 10.5. The lowest BCUT2D eigenvalue weighted by molar-refractivity contribution is 0.624. The van der Waals surface area contributed by atoms with Gasteiger partial charge in [-0.15, -0.1) is 0 Å². The Morgan fingerprint density at radius 1 is 1.32 bits per heavy atom. The minimum absolute atomic E-state index is 0.170. The zero-order valence-electron chi connectivity index (χ0n) is 13.2. The van der Waals surface area contributed by atoms with E-state index < -0.39 is 0 Å². The molecule has 0 saturated heterocycles. The van der Waals surface area contributed by atoms with E-state index in [0.717, 1.165) is 17.6 Å². The topological polar surface area (TPSA) is 34.0 Å². The Morgan fingerprint density at radius 3 is 2.77 bits per heavy atom. The summed E-state index contributed by atoms with van der Waals surface area (Å²) in [6.07, 6.45) is 5.04. The molecule has 3 nitrogen and oxygen atoms in total. The van der Waals surface area contributed by atoms with Gasteiger partial charge >= 0.3 is 0 Å². The minimum Gasteiger partial charge on any atom is -0.308 e. The van der Waals surface area contributed by atoms with Gasteiger partial charge in [0, 0.05) is 22.5 Å². The second-order valence-electron chi connectivity index (χ2n) is 7.17. The average molecular weight is 314 g/mol. The first kappa shape index (κ1) is 14.3. The number of aryl methyl sites for hydroxylation is 1. The Balaban J connectivity index is 1.69. The molecule has 1 aromatic carbocycles. The van der Waals surface area contributed by atoms with E-state index >= 15 is 0 Å². The zero-order valence-corrected chi connectivity index (χ0v) is 14.0. The van der Waals surface area contributed by atoms with Crippen molar-refractivity contribution in [3.8, 4) is 0 Å². The lowest BCUT2D eigenvalue weighted by Crippen LogP contribution is -2.23. The molecule has 0 amide bonds. The number of hydrogen-bond acceptors (Lipinski definition) is 3. The van der Waals surface area contributed by atoms with Crippen molar-refractivity contribution in [2.45, 2.75) is 56.5 Å². The molecule has 1 aromatic heterocycles. The van der Waals surface area contributed by atoms with Crippen LogP contribution < -0.4 is 10.3 Å². The summed E-state index contributed by atoms with van der Waals surface area (Å²) in [4.78, 5) is 13.7. The Morgan fingerprint density at radius 2 is 2.09 bits per heavy atom. The van der Waals surface area contributed by atoms with Crippen LogP contribution in [0.25, 0.3) is 10.9 Å². The van der Waals surface area contributed by atoms with Crippen molar-refractivity contribution in [1.82, 2.24) is 9.29 Å². The highest BCUT2D eigenvalue weighted by molar-refractivity contribution is 7.97. The fourth-order valence-electron chi connectivity index (χ4n) is 2.79. The van der Waals surface area contributed by atoms with Gasteiger partial charge in [-0.3, -0.25) is 9.52 Å². The highest BCUT2D eigenvalue weighted by Gasteiger charge is 2.37. The summed E-state index contributed by atoms with van der Waals surface area (Å²) in [6.45, 7) is 5.06. The highest BCUT2D eigenvalue weighted by atomic mass is 32.2. The van der Waals surface area contributed by atoms with Crippen molar-refractivity contribution >= 4 is 22.9 Å². The molecule has 0 unspecified atom stereocenters. The molecular weight excluding hydrogens is 292 g/mol. The minimum atomic E-state index is 0.170. The Labute approximate surface area is 135 Å². The number of rotatable bonds is 5. The van der Waals surface area contributed by atoms with Crippen LogP contribution in [0.4, 0.5) is 0 Å². The molecule has 22 heavy (non-hydrogen) atoms. The maximum Gasteiger partial charge on any atom is 0.253 e. The first-order valence-electron chi connectivity index (χ1n) is 8.12. The molecule has 0 atom stereocenters. The molecule has 1 heterocycles. The molecule has 116 valence electrons. The summed E-state index contributed by atoms with van der Waals surface area (Å²) >= 11 is 1.71. The van der Waals surface area contributed by atoms with E-state index in [-0.39, 0.29) is 5.56 Å². The molecule has 4 rings (SSSR count). The second-order valence-corrected chi connectivity index (χ2v) is 8.05. The third-order valence-electron chi connectivity index (χ3n) is 4.80. The Hall–Kier alpha value is -1.26. The van der Waals surface area contributed by atoms with E-state index in [9.17, 15) is 4.79 Å². The lowest BCUT2D eigenvalue weighted by atomic mass is 10.1. The molecule has 0 radical (unpaired) electrons. The molecular formula is C18H22N2OS. The maximum absolute atomic E-state index is 12.4. The predicted octanol–water partition coefficient (Wildman–Crippen LogP) is 3.87. The molecule has 0 aliphatic heterocycles. The van der Waals surface area contributed by atoms with Gasteiger partial charge in [-0.2, -0.15) is 0 Å². The number of aromatic nitrogens is 1. The van der Waals surface area contributed by atoms with Crippen LogP contribution in [0.15, 0.2) is 34.0 Å². The molecule has 0 bridgehead atoms. The third-order valence-corrected chi connectivity index (χ3v) is 5.88. The van der Waals surface area contributed by atoms with Gasteiger partial charge in [0.05, 0.1) is 5.52 Å². The summed E-state index contributed by atoms with van der Waals surface area (Å²) in [5, 5.41) is 1.17. The van der Waals surface area contributed by atoms with E-state index in [0.29, 0.717) is 11.5 Å². The van der Waals surface area contributed by atoms with Gasteiger partial charge in [-0.25, -0.2) is 0 Å². The van der Waals surface area contributed by atoms with Gasteiger partial charge in [0.25, 0.3) is 5.56 Å². The quantitative estimate of drug-likeness (QED) is 0.851. The third kappa shape index (κ3) is 2.82. The number of nitrogens with zero attached hydrogens (tertiary/aromatic N) is 1.